The molecule has 0 bridgehead atoms. The van der Waals surface area contributed by atoms with Crippen LogP contribution in [0.2, 0.25) is 0 Å². The Morgan fingerprint density at radius 1 is 1.13 bits per heavy atom. The number of ether oxygens (including phenoxy) is 2. The lowest BCUT2D eigenvalue weighted by Crippen LogP contribution is -2.46. The largest absolute Gasteiger partial charge is 0.485 e. The van der Waals surface area contributed by atoms with Crippen molar-refractivity contribution in [3.05, 3.63) is 53.1 Å². The van der Waals surface area contributed by atoms with Gasteiger partial charge in [0.25, 0.3) is 5.91 Å². The fourth-order valence-electron chi connectivity index (χ4n) is 3.10. The van der Waals surface area contributed by atoms with Crippen LogP contribution in [0.15, 0.2) is 36.4 Å². The highest BCUT2D eigenvalue weighted by Crippen LogP contribution is 2.33. The van der Waals surface area contributed by atoms with Gasteiger partial charge >= 0.3 is 0 Å². The molecule has 30 heavy (non-hydrogen) atoms. The Labute approximate surface area is 176 Å². The Morgan fingerprint density at radius 2 is 1.90 bits per heavy atom. The van der Waals surface area contributed by atoms with Gasteiger partial charge in [-0.3, -0.25) is 19.3 Å². The van der Waals surface area contributed by atoms with E-state index in [0.29, 0.717) is 22.7 Å². The highest BCUT2D eigenvalue weighted by molar-refractivity contribution is 6.04. The molecule has 0 spiro atoms. The topological polar surface area (TPSA) is 84.9 Å². The minimum Gasteiger partial charge on any atom is -0.485 e. The Kier molecular flexibility index (Phi) is 6.40. The Balaban J connectivity index is 1.75. The first-order valence-corrected chi connectivity index (χ1v) is 9.84. The number of hydrogen-bond acceptors (Lipinski definition) is 5. The Morgan fingerprint density at radius 3 is 2.60 bits per heavy atom. The van der Waals surface area contributed by atoms with E-state index in [9.17, 15) is 14.4 Å². The van der Waals surface area contributed by atoms with E-state index < -0.39 is 0 Å². The zero-order valence-electron chi connectivity index (χ0n) is 17.7. The second-order valence-corrected chi connectivity index (χ2v) is 7.63. The van der Waals surface area contributed by atoms with E-state index in [2.05, 4.69) is 5.32 Å². The first-order valence-electron chi connectivity index (χ1n) is 9.84. The number of anilines is 1. The quantitative estimate of drug-likeness (QED) is 0.710. The summed E-state index contributed by atoms with van der Waals surface area (Å²) < 4.78 is 11.1. The maximum Gasteiger partial charge on any atom is 0.265 e. The van der Waals surface area contributed by atoms with Crippen LogP contribution in [0.5, 0.6) is 11.5 Å². The Hall–Kier alpha value is -3.35. The Bertz CT molecular complexity index is 984. The van der Waals surface area contributed by atoms with Crippen LogP contribution >= 0.6 is 0 Å². The average Bonchev–Trinajstić information content (AvgIpc) is 2.70. The summed E-state index contributed by atoms with van der Waals surface area (Å²) >= 11 is 0. The van der Waals surface area contributed by atoms with Crippen molar-refractivity contribution >= 4 is 23.3 Å². The summed E-state index contributed by atoms with van der Waals surface area (Å²) in [5.41, 5.74) is 3.02. The van der Waals surface area contributed by atoms with Gasteiger partial charge in [-0.25, -0.2) is 0 Å². The van der Waals surface area contributed by atoms with E-state index in [1.54, 1.807) is 18.2 Å². The molecule has 0 atom stereocenters. The number of fused-ring (bicyclic) bond motifs is 1. The minimum absolute atomic E-state index is 0.0383. The molecule has 1 aliphatic rings. The molecule has 2 aromatic carbocycles. The summed E-state index contributed by atoms with van der Waals surface area (Å²) in [5.74, 6) is 0.229. The molecule has 158 valence electrons. The van der Waals surface area contributed by atoms with Gasteiger partial charge in [0.1, 0.15) is 18.0 Å². The number of carbonyl (C=O) groups excluding carboxylic acids is 3. The van der Waals surface area contributed by atoms with Gasteiger partial charge in [0.15, 0.2) is 19.0 Å². The summed E-state index contributed by atoms with van der Waals surface area (Å²) in [4.78, 5) is 38.5. The molecule has 1 heterocycles. The third kappa shape index (κ3) is 4.97. The lowest BCUT2D eigenvalue weighted by Gasteiger charge is -2.29. The van der Waals surface area contributed by atoms with Crippen molar-refractivity contribution in [1.29, 1.82) is 0 Å². The molecule has 1 aliphatic heterocycles. The first kappa shape index (κ1) is 21.4. The fourth-order valence-corrected chi connectivity index (χ4v) is 3.10. The number of aryl methyl sites for hydroxylation is 2. The average molecular weight is 410 g/mol. The van der Waals surface area contributed by atoms with Gasteiger partial charge in [0.05, 0.1) is 5.69 Å². The van der Waals surface area contributed by atoms with Crippen molar-refractivity contribution in [2.24, 2.45) is 0 Å². The van der Waals surface area contributed by atoms with Gasteiger partial charge in [0, 0.05) is 11.6 Å². The summed E-state index contributed by atoms with van der Waals surface area (Å²) in [6, 6.07) is 10.5. The highest BCUT2D eigenvalue weighted by Gasteiger charge is 2.28. The van der Waals surface area contributed by atoms with Crippen LogP contribution in [0.1, 0.15) is 35.3 Å². The zero-order valence-corrected chi connectivity index (χ0v) is 17.7. The summed E-state index contributed by atoms with van der Waals surface area (Å²) in [7, 11) is 0. The van der Waals surface area contributed by atoms with Crippen LogP contribution in [0.3, 0.4) is 0 Å². The van der Waals surface area contributed by atoms with E-state index >= 15 is 0 Å². The second-order valence-electron chi connectivity index (χ2n) is 7.63. The summed E-state index contributed by atoms with van der Waals surface area (Å²) in [6.07, 6.45) is 0. The SMILES string of the molecule is Cc1ccc(OCC(=O)c2ccc3c(c2)N(CC(=O)NC(C)C)C(=O)CO3)cc1C. The van der Waals surface area contributed by atoms with Crippen molar-refractivity contribution in [2.45, 2.75) is 33.7 Å². The number of ketones is 1. The number of nitrogens with one attached hydrogen (secondary N) is 1. The molecule has 1 N–H and O–H groups in total. The van der Waals surface area contributed by atoms with Crippen molar-refractivity contribution in [3.63, 3.8) is 0 Å². The normalized spacial score (nSPS) is 13.0. The third-order valence-corrected chi connectivity index (χ3v) is 4.82. The minimum atomic E-state index is -0.336. The molecule has 2 aromatic rings. The molecule has 0 aliphatic carbocycles. The molecular formula is C23H26N2O5. The van der Waals surface area contributed by atoms with E-state index in [0.717, 1.165) is 11.1 Å². The van der Waals surface area contributed by atoms with E-state index in [-0.39, 0.29) is 43.4 Å². The maximum absolute atomic E-state index is 12.7. The molecule has 7 nitrogen and oxygen atoms in total. The molecule has 3 rings (SSSR count). The number of nitrogens with zero attached hydrogens (tertiary/aromatic N) is 1. The predicted octanol–water partition coefficient (Wildman–Crippen LogP) is 2.82. The molecule has 0 saturated heterocycles. The van der Waals surface area contributed by atoms with Gasteiger partial charge in [-0.1, -0.05) is 6.07 Å². The number of benzene rings is 2. The van der Waals surface area contributed by atoms with Crippen molar-refractivity contribution in [2.75, 3.05) is 24.7 Å². The smallest absolute Gasteiger partial charge is 0.265 e. The van der Waals surface area contributed by atoms with Crippen LogP contribution in [0.25, 0.3) is 0 Å². The van der Waals surface area contributed by atoms with Crippen LogP contribution in [0, 0.1) is 13.8 Å². The van der Waals surface area contributed by atoms with Crippen LogP contribution in [0.4, 0.5) is 5.69 Å². The number of amides is 2. The number of carbonyl (C=O) groups is 3. The van der Waals surface area contributed by atoms with Crippen LogP contribution in [-0.4, -0.2) is 43.4 Å². The molecule has 0 radical (unpaired) electrons. The molecule has 2 amide bonds. The van der Waals surface area contributed by atoms with Gasteiger partial charge in [0.2, 0.25) is 5.91 Å². The lowest BCUT2D eigenvalue weighted by molar-refractivity contribution is -0.125. The molecule has 0 fully saturated rings. The van der Waals surface area contributed by atoms with Crippen molar-refractivity contribution in [1.82, 2.24) is 5.32 Å². The van der Waals surface area contributed by atoms with E-state index in [1.165, 1.54) is 4.90 Å². The van der Waals surface area contributed by atoms with Crippen LogP contribution in [-0.2, 0) is 9.59 Å². The molecule has 0 saturated carbocycles. The van der Waals surface area contributed by atoms with Crippen molar-refractivity contribution in [3.8, 4) is 11.5 Å². The monoisotopic (exact) mass is 410 g/mol. The van der Waals surface area contributed by atoms with Gasteiger partial charge in [-0.2, -0.15) is 0 Å². The number of Topliss-reactive ketones (excluding diaryl/α,β-unsaturated/α-hetero) is 1. The zero-order chi connectivity index (χ0) is 21.8. The lowest BCUT2D eigenvalue weighted by atomic mass is 10.1. The van der Waals surface area contributed by atoms with Gasteiger partial charge in [-0.15, -0.1) is 0 Å². The number of hydrogen-bond donors (Lipinski definition) is 1. The fraction of sp³-hybridized carbons (Fsp3) is 0.348. The number of rotatable bonds is 7. The predicted molar refractivity (Wildman–Crippen MR) is 113 cm³/mol. The van der Waals surface area contributed by atoms with Crippen molar-refractivity contribution < 1.29 is 23.9 Å². The molecular weight excluding hydrogens is 384 g/mol. The van der Waals surface area contributed by atoms with E-state index in [1.807, 2.05) is 45.9 Å². The summed E-state index contributed by atoms with van der Waals surface area (Å²) in [5, 5.41) is 2.77. The summed E-state index contributed by atoms with van der Waals surface area (Å²) in [6.45, 7) is 7.26. The maximum atomic E-state index is 12.7. The van der Waals surface area contributed by atoms with Gasteiger partial charge in [-0.05, 0) is 69.2 Å². The molecule has 0 unspecified atom stereocenters. The first-order chi connectivity index (χ1) is 14.2. The van der Waals surface area contributed by atoms with Gasteiger partial charge < -0.3 is 14.8 Å². The molecule has 0 aromatic heterocycles. The third-order valence-electron chi connectivity index (χ3n) is 4.82. The second kappa shape index (κ2) is 8.98. The van der Waals surface area contributed by atoms with Crippen LogP contribution < -0.4 is 19.7 Å². The standard InChI is InChI=1S/C23H26N2O5/c1-14(2)24-22(27)11-25-19-10-17(6-8-21(19)30-13-23(25)28)20(26)12-29-18-7-5-15(3)16(4)9-18/h5-10,14H,11-13H2,1-4H3,(H,24,27). The molecule has 7 heteroatoms. The highest BCUT2D eigenvalue weighted by atomic mass is 16.5. The van der Waals surface area contributed by atoms with E-state index in [4.69, 9.17) is 9.47 Å².